The number of nitrogens with zero attached hydrogens (tertiary/aromatic N) is 1. The zero-order chi connectivity index (χ0) is 33.7. The summed E-state index contributed by atoms with van der Waals surface area (Å²) in [7, 11) is 1.23. The van der Waals surface area contributed by atoms with E-state index in [2.05, 4.69) is 5.32 Å². The highest BCUT2D eigenvalue weighted by atomic mass is 16.7. The number of amides is 3. The third-order valence-electron chi connectivity index (χ3n) is 8.23. The van der Waals surface area contributed by atoms with Crippen molar-refractivity contribution < 1.29 is 53.4 Å². The number of primary amides is 1. The van der Waals surface area contributed by atoms with E-state index >= 15 is 0 Å². The van der Waals surface area contributed by atoms with Crippen molar-refractivity contribution >= 4 is 23.5 Å². The number of rotatable bonds is 12. The first kappa shape index (κ1) is 33.9. The predicted molar refractivity (Wildman–Crippen MR) is 162 cm³/mol. The molecule has 1 fully saturated rings. The Morgan fingerprint density at radius 3 is 2.23 bits per heavy atom. The van der Waals surface area contributed by atoms with E-state index in [1.54, 1.807) is 0 Å². The Morgan fingerprint density at radius 1 is 1.02 bits per heavy atom. The number of methoxy groups -OCH3 is 1. The van der Waals surface area contributed by atoms with Crippen LogP contribution < -0.4 is 11.1 Å². The lowest BCUT2D eigenvalue weighted by molar-refractivity contribution is -0.241. The Hall–Kier alpha value is -4.44. The zero-order valence-electron chi connectivity index (χ0n) is 25.5. The number of carbonyl (C=O) groups excluding carboxylic acids is 4. The van der Waals surface area contributed by atoms with E-state index in [1.807, 2.05) is 60.7 Å². The highest BCUT2D eigenvalue weighted by molar-refractivity contribution is 6.06. The van der Waals surface area contributed by atoms with Crippen LogP contribution in [0.4, 0.5) is 0 Å². The van der Waals surface area contributed by atoms with E-state index in [0.717, 1.165) is 34.4 Å². The van der Waals surface area contributed by atoms with Crippen molar-refractivity contribution in [2.24, 2.45) is 5.73 Å². The lowest BCUT2D eigenvalue weighted by Gasteiger charge is -2.35. The van der Waals surface area contributed by atoms with Crippen molar-refractivity contribution in [1.29, 1.82) is 0 Å². The molecule has 3 amide bonds. The Kier molecular flexibility index (Phi) is 10.8. The molecule has 14 heteroatoms. The number of benzene rings is 2. The number of aliphatic hydroxyl groups excluding tert-OH is 3. The molecule has 3 heterocycles. The number of allylic oxidation sites excluding steroid dienone is 1. The van der Waals surface area contributed by atoms with Crippen LogP contribution in [0.1, 0.15) is 29.9 Å². The maximum absolute atomic E-state index is 13.1. The monoisotopic (exact) mass is 651 g/mol. The minimum atomic E-state index is -1.78. The van der Waals surface area contributed by atoms with Gasteiger partial charge in [0.15, 0.2) is 23.9 Å². The van der Waals surface area contributed by atoms with Gasteiger partial charge in [-0.1, -0.05) is 60.7 Å². The number of ether oxygens (including phenoxy) is 4. The highest BCUT2D eigenvalue weighted by Gasteiger charge is 2.54. The SMILES string of the molecule is COC1C(O)[C@H](N2C=CC(=O)CC2=O)O[C@@H]1C(O[C@H]1OC(C(=O)NCCC(c2ccccc2)c2ccccc2)=C[C@H](O)[C@@H]1O)C(N)=O. The second kappa shape index (κ2) is 15.0. The van der Waals surface area contributed by atoms with Gasteiger partial charge < -0.3 is 45.3 Å². The van der Waals surface area contributed by atoms with Crippen LogP contribution in [0.5, 0.6) is 0 Å². The maximum atomic E-state index is 13.1. The molecule has 250 valence electrons. The average molecular weight is 652 g/mol. The summed E-state index contributed by atoms with van der Waals surface area (Å²) in [5.41, 5.74) is 7.75. The zero-order valence-corrected chi connectivity index (χ0v) is 25.5. The number of ketones is 1. The van der Waals surface area contributed by atoms with E-state index in [9.17, 15) is 34.5 Å². The predicted octanol–water partition coefficient (Wildman–Crippen LogP) is -0.427. The molecule has 2 aromatic rings. The van der Waals surface area contributed by atoms with Crippen LogP contribution >= 0.6 is 0 Å². The van der Waals surface area contributed by atoms with Gasteiger partial charge in [0.2, 0.25) is 18.1 Å². The normalized spacial score (nSPS) is 28.1. The fourth-order valence-corrected chi connectivity index (χ4v) is 5.85. The Balaban J connectivity index is 1.26. The van der Waals surface area contributed by atoms with Crippen LogP contribution in [0, 0.1) is 0 Å². The molecular formula is C33H37N3O11. The van der Waals surface area contributed by atoms with Gasteiger partial charge >= 0.3 is 0 Å². The summed E-state index contributed by atoms with van der Waals surface area (Å²) >= 11 is 0. The molecule has 0 aromatic heterocycles. The average Bonchev–Trinajstić information content (AvgIpc) is 3.39. The molecule has 0 saturated carbocycles. The highest BCUT2D eigenvalue weighted by Crippen LogP contribution is 2.33. The maximum Gasteiger partial charge on any atom is 0.286 e. The fraction of sp³-hybridized carbons (Fsp3) is 0.394. The first-order chi connectivity index (χ1) is 22.6. The largest absolute Gasteiger partial charge is 0.456 e. The summed E-state index contributed by atoms with van der Waals surface area (Å²) in [6.07, 6.45) is -9.07. The molecule has 0 spiro atoms. The van der Waals surface area contributed by atoms with E-state index in [-0.39, 0.29) is 18.2 Å². The number of aliphatic hydroxyl groups is 3. The van der Waals surface area contributed by atoms with Crippen LogP contribution in [-0.2, 0) is 38.1 Å². The number of hydrogen-bond donors (Lipinski definition) is 5. The van der Waals surface area contributed by atoms with Crippen LogP contribution in [0.25, 0.3) is 0 Å². The van der Waals surface area contributed by atoms with Gasteiger partial charge in [-0.2, -0.15) is 0 Å². The summed E-state index contributed by atoms with van der Waals surface area (Å²) < 4.78 is 22.5. The second-order valence-corrected chi connectivity index (χ2v) is 11.3. The van der Waals surface area contributed by atoms with Crippen LogP contribution in [-0.4, -0.2) is 107 Å². The molecule has 0 bridgehead atoms. The third kappa shape index (κ3) is 7.59. The van der Waals surface area contributed by atoms with Crippen LogP contribution in [0.2, 0.25) is 0 Å². The van der Waals surface area contributed by atoms with E-state index in [0.29, 0.717) is 6.42 Å². The molecule has 1 saturated heterocycles. The number of carbonyl (C=O) groups is 4. The van der Waals surface area contributed by atoms with Crippen molar-refractivity contribution in [3.8, 4) is 0 Å². The van der Waals surface area contributed by atoms with Crippen molar-refractivity contribution in [3.05, 3.63) is 95.9 Å². The lowest BCUT2D eigenvalue weighted by atomic mass is 9.88. The second-order valence-electron chi connectivity index (χ2n) is 11.3. The van der Waals surface area contributed by atoms with Crippen molar-refractivity contribution in [1.82, 2.24) is 10.2 Å². The standard InChI is InChI=1S/C33H37N3O11/c1-44-27-26(41)32(36-15-13-20(37)16-24(36)39)46-28(27)29(30(34)42)47-33-25(40)22(38)17-23(45-33)31(43)35-14-12-21(18-8-4-2-5-9-18)19-10-6-3-7-11-19/h2-11,13,15,17,21-22,25-29,32-33,38,40-41H,12,14,16H2,1H3,(H2,34,42)(H,35,43)/t22-,25-,26?,27?,28-,29?,32+,33+/m0/s1. The summed E-state index contributed by atoms with van der Waals surface area (Å²) in [5.74, 6) is -3.28. The van der Waals surface area contributed by atoms with Gasteiger partial charge in [0.05, 0.1) is 6.42 Å². The Morgan fingerprint density at radius 2 is 1.66 bits per heavy atom. The van der Waals surface area contributed by atoms with E-state index < -0.39 is 79.1 Å². The number of nitrogens with two attached hydrogens (primary N) is 1. The summed E-state index contributed by atoms with van der Waals surface area (Å²) in [5, 5.41) is 34.9. The molecule has 14 nitrogen and oxygen atoms in total. The summed E-state index contributed by atoms with van der Waals surface area (Å²) in [6.45, 7) is 0.224. The summed E-state index contributed by atoms with van der Waals surface area (Å²) in [4.78, 5) is 50.8. The lowest BCUT2D eigenvalue weighted by Crippen LogP contribution is -2.54. The molecule has 0 radical (unpaired) electrons. The molecular weight excluding hydrogens is 614 g/mol. The minimum Gasteiger partial charge on any atom is -0.456 e. The molecule has 3 unspecified atom stereocenters. The first-order valence-electron chi connectivity index (χ1n) is 15.0. The van der Waals surface area contributed by atoms with Gasteiger partial charge in [0.1, 0.15) is 30.5 Å². The minimum absolute atomic E-state index is 0.0192. The third-order valence-corrected chi connectivity index (χ3v) is 8.23. The molecule has 3 aliphatic rings. The van der Waals surface area contributed by atoms with Crippen molar-refractivity contribution in [2.75, 3.05) is 13.7 Å². The van der Waals surface area contributed by atoms with Crippen LogP contribution in [0.15, 0.2) is 84.8 Å². The molecule has 3 aliphatic heterocycles. The number of nitrogens with one attached hydrogen (secondary N) is 1. The topological polar surface area (TPSA) is 207 Å². The quantitative estimate of drug-likeness (QED) is 0.186. The van der Waals surface area contributed by atoms with Crippen molar-refractivity contribution in [2.45, 2.75) is 67.9 Å². The van der Waals surface area contributed by atoms with Crippen molar-refractivity contribution in [3.63, 3.8) is 0 Å². The molecule has 6 N–H and O–H groups in total. The number of hydrogen-bond acceptors (Lipinski definition) is 11. The molecule has 8 atom stereocenters. The van der Waals surface area contributed by atoms with Gasteiger partial charge in [-0.05, 0) is 29.7 Å². The van der Waals surface area contributed by atoms with Gasteiger partial charge in [-0.25, -0.2) is 0 Å². The molecule has 2 aromatic carbocycles. The van der Waals surface area contributed by atoms with Gasteiger partial charge in [0, 0.05) is 25.8 Å². The van der Waals surface area contributed by atoms with Gasteiger partial charge in [-0.3, -0.25) is 24.1 Å². The smallest absolute Gasteiger partial charge is 0.286 e. The molecule has 0 aliphatic carbocycles. The van der Waals surface area contributed by atoms with E-state index in [4.69, 9.17) is 24.7 Å². The van der Waals surface area contributed by atoms with E-state index in [1.165, 1.54) is 7.11 Å². The molecule has 5 rings (SSSR count). The fourth-order valence-electron chi connectivity index (χ4n) is 5.85. The molecule has 47 heavy (non-hydrogen) atoms. The Bertz CT molecular complexity index is 1460. The Labute approximate surface area is 270 Å². The van der Waals surface area contributed by atoms with Gasteiger partial charge in [-0.15, -0.1) is 0 Å². The summed E-state index contributed by atoms with van der Waals surface area (Å²) in [6, 6.07) is 19.6. The van der Waals surface area contributed by atoms with Crippen LogP contribution in [0.3, 0.4) is 0 Å². The first-order valence-corrected chi connectivity index (χ1v) is 15.0. The van der Waals surface area contributed by atoms with Gasteiger partial charge in [0.25, 0.3) is 5.91 Å².